The molecule has 0 spiro atoms. The van der Waals surface area contributed by atoms with Crippen molar-refractivity contribution in [3.63, 3.8) is 0 Å². The summed E-state index contributed by atoms with van der Waals surface area (Å²) >= 11 is 1.28. The lowest BCUT2D eigenvalue weighted by Crippen LogP contribution is -2.39. The summed E-state index contributed by atoms with van der Waals surface area (Å²) in [6.07, 6.45) is 5.30. The normalized spacial score (nSPS) is 18.1. The summed E-state index contributed by atoms with van der Waals surface area (Å²) in [5.41, 5.74) is 1.37. The number of ether oxygens (including phenoxy) is 2. The molecule has 36 heavy (non-hydrogen) atoms. The molecule has 1 aromatic carbocycles. The van der Waals surface area contributed by atoms with Crippen LogP contribution in [-0.2, 0) is 9.53 Å². The number of furan rings is 1. The quantitative estimate of drug-likeness (QED) is 0.476. The minimum atomic E-state index is -0.682. The summed E-state index contributed by atoms with van der Waals surface area (Å²) in [5, 5.41) is 0. The molecule has 0 amide bonds. The predicted octanol–water partition coefficient (Wildman–Crippen LogP) is 3.39. The molecule has 0 N–H and O–H groups in total. The van der Waals surface area contributed by atoms with Crippen LogP contribution in [0.2, 0.25) is 0 Å². The fourth-order valence-electron chi connectivity index (χ4n) is 4.75. The highest BCUT2D eigenvalue weighted by molar-refractivity contribution is 7.07. The molecule has 2 aliphatic heterocycles. The third-order valence-corrected chi connectivity index (χ3v) is 7.46. The minimum Gasteiger partial charge on any atom is -0.497 e. The highest BCUT2D eigenvalue weighted by Gasteiger charge is 2.33. The zero-order valence-electron chi connectivity index (χ0n) is 20.7. The molecule has 8 nitrogen and oxygen atoms in total. The fraction of sp³-hybridized carbons (Fsp3) is 0.370. The number of fused-ring (bicyclic) bond motifs is 1. The number of methoxy groups -OCH3 is 1. The number of rotatable bonds is 6. The first-order valence-corrected chi connectivity index (χ1v) is 13.0. The van der Waals surface area contributed by atoms with Gasteiger partial charge in [-0.2, -0.15) is 0 Å². The van der Waals surface area contributed by atoms with E-state index in [0.29, 0.717) is 32.1 Å². The number of nitrogens with zero attached hydrogens (tertiary/aromatic N) is 3. The number of thiazole rings is 1. The summed E-state index contributed by atoms with van der Waals surface area (Å²) in [6, 6.07) is 10.5. The van der Waals surface area contributed by atoms with Crippen molar-refractivity contribution in [1.29, 1.82) is 0 Å². The number of esters is 1. The molecule has 0 radical (unpaired) electrons. The largest absolute Gasteiger partial charge is 0.497 e. The van der Waals surface area contributed by atoms with E-state index in [9.17, 15) is 9.59 Å². The summed E-state index contributed by atoms with van der Waals surface area (Å²) in [4.78, 5) is 34.1. The van der Waals surface area contributed by atoms with Crippen LogP contribution in [-0.4, -0.2) is 37.3 Å². The minimum absolute atomic E-state index is 0.225. The Balaban J connectivity index is 1.62. The first-order chi connectivity index (χ1) is 17.5. The Kier molecular flexibility index (Phi) is 6.82. The van der Waals surface area contributed by atoms with Crippen LogP contribution in [0.5, 0.6) is 5.75 Å². The molecule has 0 bridgehead atoms. The van der Waals surface area contributed by atoms with Gasteiger partial charge >= 0.3 is 5.97 Å². The van der Waals surface area contributed by atoms with Crippen molar-refractivity contribution in [2.45, 2.75) is 39.2 Å². The number of hydrogen-bond donors (Lipinski definition) is 0. The van der Waals surface area contributed by atoms with Gasteiger partial charge in [0.1, 0.15) is 11.5 Å². The van der Waals surface area contributed by atoms with Gasteiger partial charge in [0.15, 0.2) is 10.7 Å². The summed E-state index contributed by atoms with van der Waals surface area (Å²) in [6.45, 7) is 5.71. The number of carbonyl (C=O) groups excluding carboxylic acids is 1. The zero-order valence-corrected chi connectivity index (χ0v) is 21.5. The van der Waals surface area contributed by atoms with Crippen LogP contribution in [0.1, 0.15) is 50.5 Å². The SMILES string of the molecule is CCOC(=O)C1=C(C)N=c2s/c(=C\c3ccc(N4CCCCC4)o3)c(=O)n2[C@@H]1c1cccc(OC)c1. The van der Waals surface area contributed by atoms with Gasteiger partial charge in [-0.15, -0.1) is 0 Å². The predicted molar refractivity (Wildman–Crippen MR) is 138 cm³/mol. The van der Waals surface area contributed by atoms with Crippen molar-refractivity contribution in [2.24, 2.45) is 4.99 Å². The maximum atomic E-state index is 13.7. The van der Waals surface area contributed by atoms with E-state index < -0.39 is 12.0 Å². The van der Waals surface area contributed by atoms with E-state index in [0.717, 1.165) is 37.4 Å². The van der Waals surface area contributed by atoms with Crippen LogP contribution < -0.4 is 24.5 Å². The van der Waals surface area contributed by atoms with Gasteiger partial charge in [-0.1, -0.05) is 23.5 Å². The first-order valence-electron chi connectivity index (χ1n) is 12.2. The number of anilines is 1. The second-order valence-electron chi connectivity index (χ2n) is 8.80. The fourth-order valence-corrected chi connectivity index (χ4v) is 5.78. The van der Waals surface area contributed by atoms with Crippen molar-refractivity contribution in [3.8, 4) is 5.75 Å². The third-order valence-electron chi connectivity index (χ3n) is 6.48. The van der Waals surface area contributed by atoms with E-state index in [-0.39, 0.29) is 12.2 Å². The molecule has 0 saturated carbocycles. The molecule has 1 saturated heterocycles. The van der Waals surface area contributed by atoms with Gasteiger partial charge in [-0.05, 0) is 56.9 Å². The van der Waals surface area contributed by atoms with Crippen molar-refractivity contribution in [2.75, 3.05) is 31.7 Å². The van der Waals surface area contributed by atoms with E-state index in [2.05, 4.69) is 9.89 Å². The molecule has 1 atom stereocenters. The van der Waals surface area contributed by atoms with Crippen molar-refractivity contribution < 1.29 is 18.7 Å². The summed E-state index contributed by atoms with van der Waals surface area (Å²) in [5.74, 6) is 1.58. The summed E-state index contributed by atoms with van der Waals surface area (Å²) < 4.78 is 18.9. The Morgan fingerprint density at radius 1 is 1.22 bits per heavy atom. The molecule has 9 heteroatoms. The Hall–Kier alpha value is -3.59. The molecule has 1 fully saturated rings. The van der Waals surface area contributed by atoms with Crippen LogP contribution in [0.4, 0.5) is 5.88 Å². The highest BCUT2D eigenvalue weighted by Crippen LogP contribution is 2.32. The van der Waals surface area contributed by atoms with Crippen LogP contribution in [0.3, 0.4) is 0 Å². The van der Waals surface area contributed by atoms with Gasteiger partial charge in [-0.3, -0.25) is 9.36 Å². The summed E-state index contributed by atoms with van der Waals surface area (Å²) in [7, 11) is 1.58. The maximum absolute atomic E-state index is 13.7. The van der Waals surface area contributed by atoms with E-state index >= 15 is 0 Å². The second-order valence-corrected chi connectivity index (χ2v) is 9.81. The van der Waals surface area contributed by atoms with Gasteiger partial charge in [-0.25, -0.2) is 9.79 Å². The van der Waals surface area contributed by atoms with Gasteiger partial charge in [0.25, 0.3) is 5.56 Å². The van der Waals surface area contributed by atoms with Crippen LogP contribution >= 0.6 is 11.3 Å². The van der Waals surface area contributed by atoms with E-state index in [1.807, 2.05) is 36.4 Å². The van der Waals surface area contributed by atoms with E-state index in [4.69, 9.17) is 13.9 Å². The zero-order chi connectivity index (χ0) is 25.2. The standard InChI is InChI=1S/C27H29N3O5S/c1-4-34-26(32)23-17(2)28-27-30(24(23)18-9-8-10-19(15-18)33-3)25(31)21(36-27)16-20-11-12-22(35-20)29-13-6-5-7-14-29/h8-12,15-16,24H,4-7,13-14H2,1-3H3/b21-16-/t24-/m1/s1. The molecule has 0 unspecified atom stereocenters. The topological polar surface area (TPSA) is 86.3 Å². The monoisotopic (exact) mass is 507 g/mol. The number of piperidine rings is 1. The molecule has 4 heterocycles. The first kappa shape index (κ1) is 24.1. The second kappa shape index (κ2) is 10.2. The lowest BCUT2D eigenvalue weighted by atomic mass is 9.95. The number of carbonyl (C=O) groups is 1. The number of aromatic nitrogens is 1. The van der Waals surface area contributed by atoms with Crippen molar-refractivity contribution in [3.05, 3.63) is 78.7 Å². The molecule has 5 rings (SSSR count). The number of allylic oxidation sites excluding steroid dienone is 1. The Morgan fingerprint density at radius 3 is 2.78 bits per heavy atom. The Morgan fingerprint density at radius 2 is 2.03 bits per heavy atom. The van der Waals surface area contributed by atoms with Gasteiger partial charge < -0.3 is 18.8 Å². The molecule has 2 aliphatic rings. The van der Waals surface area contributed by atoms with Crippen molar-refractivity contribution in [1.82, 2.24) is 4.57 Å². The molecule has 2 aromatic heterocycles. The van der Waals surface area contributed by atoms with Gasteiger partial charge in [0.2, 0.25) is 0 Å². The molecule has 3 aromatic rings. The maximum Gasteiger partial charge on any atom is 0.338 e. The Labute approximate surface area is 212 Å². The molecular weight excluding hydrogens is 478 g/mol. The van der Waals surface area contributed by atoms with Crippen LogP contribution in [0.15, 0.2) is 61.9 Å². The van der Waals surface area contributed by atoms with E-state index in [1.54, 1.807) is 31.6 Å². The third kappa shape index (κ3) is 4.51. The molecular formula is C27H29N3O5S. The van der Waals surface area contributed by atoms with Crippen molar-refractivity contribution >= 4 is 29.3 Å². The molecule has 188 valence electrons. The number of hydrogen-bond acceptors (Lipinski definition) is 8. The number of benzene rings is 1. The Bertz CT molecular complexity index is 1490. The smallest absolute Gasteiger partial charge is 0.338 e. The lowest BCUT2D eigenvalue weighted by molar-refractivity contribution is -0.139. The molecule has 0 aliphatic carbocycles. The van der Waals surface area contributed by atoms with Crippen LogP contribution in [0.25, 0.3) is 6.08 Å². The van der Waals surface area contributed by atoms with E-state index in [1.165, 1.54) is 17.8 Å². The lowest BCUT2D eigenvalue weighted by Gasteiger charge is -2.25. The average Bonchev–Trinajstić information content (AvgIpc) is 3.48. The van der Waals surface area contributed by atoms with Gasteiger partial charge in [0, 0.05) is 25.2 Å². The van der Waals surface area contributed by atoms with Crippen LogP contribution in [0, 0.1) is 0 Å². The van der Waals surface area contributed by atoms with Gasteiger partial charge in [0.05, 0.1) is 35.6 Å². The highest BCUT2D eigenvalue weighted by atomic mass is 32.1. The average molecular weight is 508 g/mol.